The normalized spacial score (nSPS) is 13.2. The molecule has 1 aliphatic rings. The van der Waals surface area contributed by atoms with Crippen LogP contribution in [0, 0.1) is 20.8 Å². The molecule has 0 fully saturated rings. The number of ether oxygens (including phenoxy) is 3. The number of fused-ring (bicyclic) bond motifs is 2. The molecule has 24 heteroatoms. The second kappa shape index (κ2) is 32.0. The summed E-state index contributed by atoms with van der Waals surface area (Å²) in [5, 5.41) is 12.5. The summed E-state index contributed by atoms with van der Waals surface area (Å²) in [6.45, 7) is 17.4. The number of benzene rings is 5. The van der Waals surface area contributed by atoms with Gasteiger partial charge in [-0.15, -0.1) is 0 Å². The van der Waals surface area contributed by atoms with Gasteiger partial charge in [0.1, 0.15) is 28.9 Å². The molecule has 0 bridgehead atoms. The zero-order valence-corrected chi connectivity index (χ0v) is 54.0. The number of rotatable bonds is 18. The Morgan fingerprint density at radius 1 is 0.636 bits per heavy atom. The SMILES string of the molecule is CN(C)C(=O)C(NCCCNC(=O)OC(C)(C)C)c1nc2cc(Cl)ccc2c(=O)[nH]1.Cc1ccc(C(=O)Cl)cc1.Cc1ccc(C(=O)OC2N=C(C(C(=O)N(C)C)N(CCCNC(=O)OC(C)(C)C)C(=O)c3ccc(C)cc3)Nc3cc(Cl)ccc32)cc1. The fraction of sp³-hybridized carbons (Fsp3) is 0.375. The maximum absolute atomic E-state index is 14.2. The van der Waals surface area contributed by atoms with Crippen LogP contribution in [-0.4, -0.2) is 143 Å². The molecule has 0 saturated heterocycles. The van der Waals surface area contributed by atoms with E-state index in [4.69, 9.17) is 54.0 Å². The van der Waals surface area contributed by atoms with Crippen LogP contribution in [0.5, 0.6) is 0 Å². The highest BCUT2D eigenvalue weighted by Gasteiger charge is 2.39. The predicted octanol–water partition coefficient (Wildman–Crippen LogP) is 10.7. The smallest absolute Gasteiger partial charge is 0.407 e. The fourth-order valence-electron chi connectivity index (χ4n) is 8.26. The third kappa shape index (κ3) is 21.8. The number of aryl methyl sites for hydroxylation is 3. The third-order valence-corrected chi connectivity index (χ3v) is 13.3. The van der Waals surface area contributed by atoms with Crippen LogP contribution in [-0.2, 0) is 23.8 Å². The molecular formula is C64H77Cl3N10O11. The zero-order valence-electron chi connectivity index (χ0n) is 51.7. The van der Waals surface area contributed by atoms with Crippen molar-refractivity contribution in [3.8, 4) is 0 Å². The van der Waals surface area contributed by atoms with Crippen molar-refractivity contribution in [1.82, 2.24) is 40.6 Å². The molecule has 0 radical (unpaired) electrons. The number of H-pyrrole nitrogens is 1. The summed E-state index contributed by atoms with van der Waals surface area (Å²) in [4.78, 5) is 117. The van der Waals surface area contributed by atoms with Gasteiger partial charge in [-0.05, 0) is 166 Å². The second-order valence-electron chi connectivity index (χ2n) is 22.9. The van der Waals surface area contributed by atoms with Crippen LogP contribution in [0.2, 0.25) is 10.0 Å². The molecule has 0 aliphatic carbocycles. The minimum Gasteiger partial charge on any atom is -0.444 e. The Labute approximate surface area is 527 Å². The Kier molecular flexibility index (Phi) is 25.6. The van der Waals surface area contributed by atoms with Gasteiger partial charge in [0.15, 0.2) is 6.04 Å². The van der Waals surface area contributed by atoms with E-state index in [1.165, 1.54) is 14.7 Å². The van der Waals surface area contributed by atoms with Crippen molar-refractivity contribution in [2.24, 2.45) is 4.99 Å². The average molecular weight is 1270 g/mol. The molecule has 21 nitrogen and oxygen atoms in total. The van der Waals surface area contributed by atoms with Crippen LogP contribution in [0.1, 0.15) is 126 Å². The molecular weight excluding hydrogens is 1190 g/mol. The van der Waals surface area contributed by atoms with Gasteiger partial charge in [-0.3, -0.25) is 29.3 Å². The van der Waals surface area contributed by atoms with E-state index in [9.17, 15) is 38.4 Å². The standard InChI is InChI=1S/C36H42ClN5O6.C20H28ClN5O4.C8H7ClO/c1-22-9-13-24(14-10-22)32(43)42(20-8-19-38-35(46)48-36(3,4)5)29(33(44)41(6)7)30-39-28-21-26(37)17-18-27(28)31(40-30)47-34(45)25-15-11-23(2)12-16-25;1-20(2,3)30-19(29)23-10-6-9-22-15(18(28)26(4)5)16-24-14-11-12(21)7-8-13(14)17(27)25-16;1-6-2-4-7(5-3-6)8(9)10/h9-18,21,29,31H,8,19-20H2,1-7H3,(H,38,46)(H,39,40);7-8,11,15,22H,6,9-10H2,1-5H3,(H,23,29)(H,24,25,27);2-5H,1H3. The fourth-order valence-corrected chi connectivity index (χ4v) is 8.73. The minimum absolute atomic E-state index is 0.0592. The number of likely N-dealkylation sites (N-methyl/N-ethyl adjacent to an activating group) is 2. The van der Waals surface area contributed by atoms with Crippen LogP contribution in [0.15, 0.2) is 119 Å². The van der Waals surface area contributed by atoms with Gasteiger partial charge in [0.2, 0.25) is 12.1 Å². The number of esters is 1. The first-order valence-corrected chi connectivity index (χ1v) is 29.3. The first-order chi connectivity index (χ1) is 41.3. The molecule has 470 valence electrons. The number of halogens is 3. The number of nitrogens with zero attached hydrogens (tertiary/aromatic N) is 5. The summed E-state index contributed by atoms with van der Waals surface area (Å²) in [6, 6.07) is 28.8. The van der Waals surface area contributed by atoms with Crippen LogP contribution in [0.25, 0.3) is 10.9 Å². The van der Waals surface area contributed by atoms with Gasteiger partial charge in [-0.25, -0.2) is 24.4 Å². The lowest BCUT2D eigenvalue weighted by atomic mass is 10.0. The highest BCUT2D eigenvalue weighted by molar-refractivity contribution is 6.67. The highest BCUT2D eigenvalue weighted by atomic mass is 35.5. The average Bonchev–Trinajstić information content (AvgIpc) is 0.868. The molecule has 7 rings (SSSR count). The lowest BCUT2D eigenvalue weighted by Gasteiger charge is -2.36. The lowest BCUT2D eigenvalue weighted by Crippen LogP contribution is -2.56. The van der Waals surface area contributed by atoms with Gasteiger partial charge < -0.3 is 49.8 Å². The molecule has 88 heavy (non-hydrogen) atoms. The lowest BCUT2D eigenvalue weighted by molar-refractivity contribution is -0.132. The topological polar surface area (TPSA) is 263 Å². The first-order valence-electron chi connectivity index (χ1n) is 28.2. The minimum atomic E-state index is -1.26. The first kappa shape index (κ1) is 70.4. The number of aromatic amines is 1. The maximum Gasteiger partial charge on any atom is 0.407 e. The zero-order chi connectivity index (χ0) is 65.2. The Bertz CT molecular complexity index is 3530. The second-order valence-corrected chi connectivity index (χ2v) is 24.1. The molecule has 5 amide bonds. The molecule has 6 aromatic rings. The Hall–Kier alpha value is -8.37. The van der Waals surface area contributed by atoms with Gasteiger partial charge in [0.25, 0.3) is 22.6 Å². The molecule has 0 saturated carbocycles. The summed E-state index contributed by atoms with van der Waals surface area (Å²) >= 11 is 17.6. The molecule has 1 aromatic heterocycles. The van der Waals surface area contributed by atoms with Crippen LogP contribution >= 0.6 is 34.8 Å². The number of nitrogens with one attached hydrogen (secondary N) is 5. The summed E-state index contributed by atoms with van der Waals surface area (Å²) < 4.78 is 16.4. The molecule has 5 N–H and O–H groups in total. The summed E-state index contributed by atoms with van der Waals surface area (Å²) in [6.07, 6.45) is -1.41. The molecule has 2 heterocycles. The molecule has 3 unspecified atom stereocenters. The monoisotopic (exact) mass is 1270 g/mol. The van der Waals surface area contributed by atoms with Gasteiger partial charge in [0, 0.05) is 80.2 Å². The number of carbonyl (C=O) groups is 7. The van der Waals surface area contributed by atoms with Gasteiger partial charge in [-0.1, -0.05) is 76.3 Å². The Morgan fingerprint density at radius 2 is 1.14 bits per heavy atom. The van der Waals surface area contributed by atoms with E-state index in [0.717, 1.165) is 16.7 Å². The van der Waals surface area contributed by atoms with E-state index in [1.54, 1.807) is 155 Å². The van der Waals surface area contributed by atoms with Crippen molar-refractivity contribution in [2.45, 2.75) is 105 Å². The maximum atomic E-state index is 14.2. The number of carbonyl (C=O) groups excluding carboxylic acids is 7. The van der Waals surface area contributed by atoms with E-state index in [1.807, 2.05) is 45.0 Å². The Balaban J connectivity index is 0.000000297. The Morgan fingerprint density at radius 3 is 1.66 bits per heavy atom. The largest absolute Gasteiger partial charge is 0.444 e. The summed E-state index contributed by atoms with van der Waals surface area (Å²) in [5.41, 5.74) is 4.13. The molecule has 5 aromatic carbocycles. The van der Waals surface area contributed by atoms with E-state index in [2.05, 4.69) is 31.2 Å². The van der Waals surface area contributed by atoms with E-state index in [-0.39, 0.29) is 42.6 Å². The van der Waals surface area contributed by atoms with Crippen molar-refractivity contribution >= 4 is 98.3 Å². The number of aromatic nitrogens is 2. The number of amidine groups is 1. The number of aliphatic imine (C=N–C) groups is 1. The van der Waals surface area contributed by atoms with Crippen molar-refractivity contribution in [2.75, 3.05) is 59.7 Å². The quantitative estimate of drug-likeness (QED) is 0.0232. The van der Waals surface area contributed by atoms with Crippen molar-refractivity contribution in [3.05, 3.63) is 174 Å². The third-order valence-electron chi connectivity index (χ3n) is 12.7. The van der Waals surface area contributed by atoms with E-state index >= 15 is 0 Å². The van der Waals surface area contributed by atoms with Crippen LogP contribution in [0.4, 0.5) is 15.3 Å². The predicted molar refractivity (Wildman–Crippen MR) is 342 cm³/mol. The van der Waals surface area contributed by atoms with Gasteiger partial charge >= 0.3 is 18.2 Å². The van der Waals surface area contributed by atoms with Crippen LogP contribution in [0.3, 0.4) is 0 Å². The molecule has 1 aliphatic heterocycles. The van der Waals surface area contributed by atoms with Crippen molar-refractivity contribution in [3.63, 3.8) is 0 Å². The van der Waals surface area contributed by atoms with Crippen LogP contribution < -0.4 is 26.8 Å². The number of hydrogen-bond acceptors (Lipinski definition) is 15. The van der Waals surface area contributed by atoms with E-state index in [0.29, 0.717) is 68.4 Å². The van der Waals surface area contributed by atoms with Crippen molar-refractivity contribution < 1.29 is 47.8 Å². The highest BCUT2D eigenvalue weighted by Crippen LogP contribution is 2.35. The number of amides is 5. The summed E-state index contributed by atoms with van der Waals surface area (Å²) in [5.74, 6) is -1.46. The number of hydrogen-bond donors (Lipinski definition) is 5. The number of alkyl carbamates (subject to hydrolysis) is 2. The molecule has 3 atom stereocenters. The van der Waals surface area contributed by atoms with E-state index < -0.39 is 64.7 Å². The van der Waals surface area contributed by atoms with Gasteiger partial charge in [-0.2, -0.15) is 0 Å². The van der Waals surface area contributed by atoms with Crippen molar-refractivity contribution in [1.29, 1.82) is 0 Å². The summed E-state index contributed by atoms with van der Waals surface area (Å²) in [7, 11) is 6.41. The molecule has 0 spiro atoms. The number of anilines is 1. The van der Waals surface area contributed by atoms with Gasteiger partial charge in [0.05, 0.1) is 16.5 Å².